The lowest BCUT2D eigenvalue weighted by Crippen LogP contribution is -2.36. The van der Waals surface area contributed by atoms with E-state index in [1.165, 1.54) is 28.7 Å². The molecule has 0 aliphatic carbocycles. The highest BCUT2D eigenvalue weighted by Crippen LogP contribution is 2.27. The summed E-state index contributed by atoms with van der Waals surface area (Å²) in [5, 5.41) is 0. The molecule has 0 fully saturated rings. The zero-order valence-electron chi connectivity index (χ0n) is 21.1. The monoisotopic (exact) mass is 541 g/mol. The first kappa shape index (κ1) is 27.1. The molecule has 0 bridgehead atoms. The summed E-state index contributed by atoms with van der Waals surface area (Å²) < 4.78 is 13.4. The standard InChI is InChI=1S/C27H31N3O5S2/c1-3-34-15-14-30-22-12-11-20(26(33)35-4-2)16-23(22)37-27(30)28-24(31)17-36-18-25(32)29-13-7-9-19-8-5-6-10-21(19)29/h5-6,8,10-12,16H,3-4,7,9,13-15,17-18H2,1-2H3. The van der Waals surface area contributed by atoms with E-state index in [4.69, 9.17) is 9.47 Å². The highest BCUT2D eigenvalue weighted by atomic mass is 32.2. The Morgan fingerprint density at radius 1 is 1.08 bits per heavy atom. The Hall–Kier alpha value is -2.95. The molecule has 0 saturated heterocycles. The van der Waals surface area contributed by atoms with Crippen LogP contribution in [-0.2, 0) is 32.0 Å². The number of nitrogens with zero attached hydrogens (tertiary/aromatic N) is 3. The van der Waals surface area contributed by atoms with Crippen molar-refractivity contribution in [2.24, 2.45) is 4.99 Å². The summed E-state index contributed by atoms with van der Waals surface area (Å²) >= 11 is 2.62. The maximum atomic E-state index is 12.9. The molecule has 0 unspecified atom stereocenters. The second kappa shape index (κ2) is 13.0. The molecule has 0 radical (unpaired) electrons. The fourth-order valence-corrected chi connectivity index (χ4v) is 6.04. The third kappa shape index (κ3) is 6.68. The number of thioether (sulfide) groups is 1. The van der Waals surface area contributed by atoms with Crippen LogP contribution in [0.25, 0.3) is 10.2 Å². The molecule has 2 aromatic carbocycles. The molecule has 37 heavy (non-hydrogen) atoms. The van der Waals surface area contributed by atoms with Crippen molar-refractivity contribution in [2.75, 3.05) is 42.8 Å². The van der Waals surface area contributed by atoms with E-state index in [0.29, 0.717) is 43.3 Å². The predicted octanol–water partition coefficient (Wildman–Crippen LogP) is 4.06. The summed E-state index contributed by atoms with van der Waals surface area (Å²) in [6.07, 6.45) is 1.91. The Bertz CT molecular complexity index is 1350. The number of rotatable bonds is 10. The van der Waals surface area contributed by atoms with Crippen LogP contribution < -0.4 is 9.70 Å². The number of hydrogen-bond acceptors (Lipinski definition) is 7. The fourth-order valence-electron chi connectivity index (χ4n) is 4.25. The van der Waals surface area contributed by atoms with E-state index in [1.54, 1.807) is 19.1 Å². The molecular formula is C27H31N3O5S2. The number of anilines is 1. The Balaban J connectivity index is 1.47. The third-order valence-corrected chi connectivity index (χ3v) is 7.88. The first-order valence-electron chi connectivity index (χ1n) is 12.4. The van der Waals surface area contributed by atoms with Gasteiger partial charge in [-0.3, -0.25) is 9.59 Å². The van der Waals surface area contributed by atoms with Crippen LogP contribution in [-0.4, -0.2) is 60.2 Å². The van der Waals surface area contributed by atoms with E-state index in [2.05, 4.69) is 11.1 Å². The number of thiazole rings is 1. The Kier molecular flexibility index (Phi) is 9.54. The Morgan fingerprint density at radius 2 is 1.92 bits per heavy atom. The molecule has 1 aliphatic heterocycles. The second-order valence-corrected chi connectivity index (χ2v) is 10.4. The van der Waals surface area contributed by atoms with E-state index in [9.17, 15) is 14.4 Å². The summed E-state index contributed by atoms with van der Waals surface area (Å²) in [7, 11) is 0. The van der Waals surface area contributed by atoms with Crippen molar-refractivity contribution < 1.29 is 23.9 Å². The Labute approximate surface area is 224 Å². The number of ether oxygens (including phenoxy) is 2. The van der Waals surface area contributed by atoms with Crippen LogP contribution in [0.5, 0.6) is 0 Å². The van der Waals surface area contributed by atoms with Gasteiger partial charge in [0.15, 0.2) is 4.80 Å². The number of hydrogen-bond donors (Lipinski definition) is 0. The molecule has 0 N–H and O–H groups in total. The number of carbonyl (C=O) groups is 3. The summed E-state index contributed by atoms with van der Waals surface area (Å²) in [5.41, 5.74) is 3.48. The van der Waals surface area contributed by atoms with E-state index < -0.39 is 0 Å². The number of para-hydroxylation sites is 1. The highest BCUT2D eigenvalue weighted by molar-refractivity contribution is 8.00. The highest BCUT2D eigenvalue weighted by Gasteiger charge is 2.22. The lowest BCUT2D eigenvalue weighted by Gasteiger charge is -2.29. The first-order chi connectivity index (χ1) is 18.0. The van der Waals surface area contributed by atoms with Crippen molar-refractivity contribution >= 4 is 56.8 Å². The van der Waals surface area contributed by atoms with Gasteiger partial charge in [0, 0.05) is 25.4 Å². The van der Waals surface area contributed by atoms with Gasteiger partial charge in [0.1, 0.15) is 0 Å². The summed E-state index contributed by atoms with van der Waals surface area (Å²) in [6, 6.07) is 13.3. The number of benzene rings is 2. The molecule has 2 heterocycles. The van der Waals surface area contributed by atoms with Gasteiger partial charge in [0.2, 0.25) is 5.91 Å². The summed E-state index contributed by atoms with van der Waals surface area (Å²) in [4.78, 5) is 44.5. The lowest BCUT2D eigenvalue weighted by atomic mass is 10.0. The van der Waals surface area contributed by atoms with Crippen LogP contribution in [0.15, 0.2) is 47.5 Å². The van der Waals surface area contributed by atoms with Crippen LogP contribution >= 0.6 is 23.1 Å². The lowest BCUT2D eigenvalue weighted by molar-refractivity contribution is -0.116. The zero-order valence-corrected chi connectivity index (χ0v) is 22.7. The van der Waals surface area contributed by atoms with Gasteiger partial charge in [-0.2, -0.15) is 4.99 Å². The fraction of sp³-hybridized carbons (Fsp3) is 0.407. The predicted molar refractivity (Wildman–Crippen MR) is 147 cm³/mol. The number of aromatic nitrogens is 1. The van der Waals surface area contributed by atoms with Crippen molar-refractivity contribution in [1.82, 2.24) is 4.57 Å². The Morgan fingerprint density at radius 3 is 2.73 bits per heavy atom. The molecule has 196 valence electrons. The molecule has 2 amide bonds. The average Bonchev–Trinajstić information content (AvgIpc) is 3.24. The van der Waals surface area contributed by atoms with Crippen LogP contribution in [0.1, 0.15) is 36.2 Å². The van der Waals surface area contributed by atoms with Gasteiger partial charge in [-0.1, -0.05) is 29.5 Å². The molecule has 1 aromatic heterocycles. The minimum atomic E-state index is -0.384. The topological polar surface area (TPSA) is 90.2 Å². The molecule has 0 spiro atoms. The van der Waals surface area contributed by atoms with Gasteiger partial charge in [-0.05, 0) is 56.5 Å². The van der Waals surface area contributed by atoms with Gasteiger partial charge < -0.3 is 18.9 Å². The maximum absolute atomic E-state index is 12.9. The summed E-state index contributed by atoms with van der Waals surface area (Å²) in [5.74, 6) is -0.362. The SMILES string of the molecule is CCOCCn1c(=NC(=O)CSCC(=O)N2CCCc3ccccc32)sc2cc(C(=O)OCC)ccc21. The average molecular weight is 542 g/mol. The molecule has 8 nitrogen and oxygen atoms in total. The van der Waals surface area contributed by atoms with E-state index >= 15 is 0 Å². The smallest absolute Gasteiger partial charge is 0.338 e. The van der Waals surface area contributed by atoms with E-state index in [1.807, 2.05) is 40.7 Å². The van der Waals surface area contributed by atoms with Gasteiger partial charge >= 0.3 is 5.97 Å². The molecule has 0 saturated carbocycles. The molecule has 4 rings (SSSR count). The maximum Gasteiger partial charge on any atom is 0.338 e. The normalized spacial score (nSPS) is 13.6. The minimum absolute atomic E-state index is 0.00471. The van der Waals surface area contributed by atoms with Gasteiger partial charge in [-0.25, -0.2) is 4.79 Å². The number of esters is 1. The van der Waals surface area contributed by atoms with Crippen molar-refractivity contribution in [2.45, 2.75) is 33.2 Å². The minimum Gasteiger partial charge on any atom is -0.462 e. The number of aryl methyl sites for hydroxylation is 1. The van der Waals surface area contributed by atoms with Gasteiger partial charge in [0.05, 0.1) is 40.5 Å². The van der Waals surface area contributed by atoms with Crippen LogP contribution in [0, 0.1) is 0 Å². The molecular weight excluding hydrogens is 510 g/mol. The first-order valence-corrected chi connectivity index (χ1v) is 14.4. The number of fused-ring (bicyclic) bond motifs is 2. The molecule has 10 heteroatoms. The zero-order chi connectivity index (χ0) is 26.2. The molecule has 0 atom stereocenters. The molecule has 1 aliphatic rings. The largest absolute Gasteiger partial charge is 0.462 e. The van der Waals surface area contributed by atoms with Crippen molar-refractivity contribution in [3.63, 3.8) is 0 Å². The van der Waals surface area contributed by atoms with Crippen molar-refractivity contribution in [3.8, 4) is 0 Å². The van der Waals surface area contributed by atoms with E-state index in [0.717, 1.165) is 28.7 Å². The summed E-state index contributed by atoms with van der Waals surface area (Å²) in [6.45, 7) is 6.29. The van der Waals surface area contributed by atoms with Crippen molar-refractivity contribution in [3.05, 3.63) is 58.4 Å². The van der Waals surface area contributed by atoms with Crippen LogP contribution in [0.4, 0.5) is 5.69 Å². The number of carbonyl (C=O) groups excluding carboxylic acids is 3. The van der Waals surface area contributed by atoms with E-state index in [-0.39, 0.29) is 29.3 Å². The van der Waals surface area contributed by atoms with Gasteiger partial charge in [0.25, 0.3) is 5.91 Å². The second-order valence-electron chi connectivity index (χ2n) is 8.41. The number of amides is 2. The van der Waals surface area contributed by atoms with Crippen LogP contribution in [0.3, 0.4) is 0 Å². The van der Waals surface area contributed by atoms with Crippen molar-refractivity contribution in [1.29, 1.82) is 0 Å². The van der Waals surface area contributed by atoms with Gasteiger partial charge in [-0.15, -0.1) is 11.8 Å². The quantitative estimate of drug-likeness (QED) is 0.284. The van der Waals surface area contributed by atoms with Crippen LogP contribution in [0.2, 0.25) is 0 Å². The molecule has 3 aromatic rings. The third-order valence-electron chi connectivity index (χ3n) is 5.94.